The third-order valence-corrected chi connectivity index (χ3v) is 2.66. The van der Waals surface area contributed by atoms with E-state index in [0.717, 1.165) is 5.39 Å². The van der Waals surface area contributed by atoms with Gasteiger partial charge >= 0.3 is 0 Å². The zero-order valence-corrected chi connectivity index (χ0v) is 9.98. The number of phenols is 1. The van der Waals surface area contributed by atoms with Gasteiger partial charge in [-0.05, 0) is 6.07 Å². The number of aromatic hydroxyl groups is 1. The molecule has 0 atom stereocenters. The number of phenolic OH excluding ortho intramolecular Hbond substituents is 1. The van der Waals surface area contributed by atoms with Gasteiger partial charge in [-0.15, -0.1) is 0 Å². The predicted octanol–water partition coefficient (Wildman–Crippen LogP) is 2.57. The number of benzene rings is 2. The van der Waals surface area contributed by atoms with Crippen molar-refractivity contribution in [3.8, 4) is 23.0 Å². The fraction of sp³-hybridized carbons (Fsp3) is 0.231. The summed E-state index contributed by atoms with van der Waals surface area (Å²) in [5.74, 6) is 1.80. The highest BCUT2D eigenvalue weighted by atomic mass is 16.5. The molecule has 0 heterocycles. The molecule has 0 aromatic heterocycles. The molecule has 0 radical (unpaired) electrons. The molecule has 0 unspecified atom stereocenters. The summed E-state index contributed by atoms with van der Waals surface area (Å²) in [7, 11) is 4.66. The largest absolute Gasteiger partial charge is 0.507 e. The Labute approximate surface area is 99.3 Å². The second-order valence-corrected chi connectivity index (χ2v) is 3.51. The van der Waals surface area contributed by atoms with Crippen LogP contribution in [0.1, 0.15) is 0 Å². The van der Waals surface area contributed by atoms with E-state index >= 15 is 0 Å². The smallest absolute Gasteiger partial charge is 0.172 e. The SMILES string of the molecule is COc1cc(OC)c2cccc(O)c2c1OC. The molecule has 2 aromatic rings. The van der Waals surface area contributed by atoms with E-state index in [4.69, 9.17) is 14.2 Å². The molecule has 0 amide bonds. The quantitative estimate of drug-likeness (QED) is 0.886. The summed E-state index contributed by atoms with van der Waals surface area (Å²) in [5.41, 5.74) is 0. The molecule has 4 nitrogen and oxygen atoms in total. The first-order valence-electron chi connectivity index (χ1n) is 5.13. The Morgan fingerprint density at radius 1 is 0.941 bits per heavy atom. The van der Waals surface area contributed by atoms with Gasteiger partial charge in [0.25, 0.3) is 0 Å². The lowest BCUT2D eigenvalue weighted by molar-refractivity contribution is 0.352. The fourth-order valence-corrected chi connectivity index (χ4v) is 1.89. The van der Waals surface area contributed by atoms with Crippen LogP contribution in [0.15, 0.2) is 24.3 Å². The van der Waals surface area contributed by atoms with Gasteiger partial charge in [0.05, 0.1) is 26.7 Å². The molecule has 0 aliphatic heterocycles. The summed E-state index contributed by atoms with van der Waals surface area (Å²) >= 11 is 0. The van der Waals surface area contributed by atoms with Crippen molar-refractivity contribution < 1.29 is 19.3 Å². The molecule has 17 heavy (non-hydrogen) atoms. The second-order valence-electron chi connectivity index (χ2n) is 3.51. The topological polar surface area (TPSA) is 47.9 Å². The molecule has 2 aromatic carbocycles. The zero-order valence-electron chi connectivity index (χ0n) is 9.98. The van der Waals surface area contributed by atoms with E-state index in [-0.39, 0.29) is 5.75 Å². The summed E-state index contributed by atoms with van der Waals surface area (Å²) in [5, 5.41) is 11.3. The van der Waals surface area contributed by atoms with E-state index in [9.17, 15) is 5.11 Å². The monoisotopic (exact) mass is 234 g/mol. The highest BCUT2D eigenvalue weighted by Crippen LogP contribution is 2.44. The molecule has 0 fully saturated rings. The van der Waals surface area contributed by atoms with Gasteiger partial charge in [-0.3, -0.25) is 0 Å². The number of methoxy groups -OCH3 is 3. The highest BCUT2D eigenvalue weighted by molar-refractivity contribution is 5.99. The van der Waals surface area contributed by atoms with Crippen LogP contribution in [0.25, 0.3) is 10.8 Å². The van der Waals surface area contributed by atoms with Crippen molar-refractivity contribution >= 4 is 10.8 Å². The molecule has 0 saturated carbocycles. The van der Waals surface area contributed by atoms with Crippen LogP contribution >= 0.6 is 0 Å². The second kappa shape index (κ2) is 4.41. The number of hydrogen-bond donors (Lipinski definition) is 1. The van der Waals surface area contributed by atoms with Crippen molar-refractivity contribution in [3.63, 3.8) is 0 Å². The maximum absolute atomic E-state index is 9.93. The molecule has 1 N–H and O–H groups in total. The first-order chi connectivity index (χ1) is 8.22. The van der Waals surface area contributed by atoms with E-state index < -0.39 is 0 Å². The van der Waals surface area contributed by atoms with Gasteiger partial charge in [0.2, 0.25) is 0 Å². The standard InChI is InChI=1S/C13H14O4/c1-15-10-7-11(16-2)13(17-3)12-8(10)5-4-6-9(12)14/h4-7,14H,1-3H3. The van der Waals surface area contributed by atoms with Crippen LogP contribution < -0.4 is 14.2 Å². The molecule has 0 saturated heterocycles. The highest BCUT2D eigenvalue weighted by Gasteiger charge is 2.16. The first-order valence-corrected chi connectivity index (χ1v) is 5.13. The Hall–Kier alpha value is -2.10. The summed E-state index contributed by atoms with van der Waals surface area (Å²) < 4.78 is 15.8. The molecule has 90 valence electrons. The van der Waals surface area contributed by atoms with Gasteiger partial charge in [-0.25, -0.2) is 0 Å². The Morgan fingerprint density at radius 3 is 2.24 bits per heavy atom. The van der Waals surface area contributed by atoms with Crippen molar-refractivity contribution in [1.29, 1.82) is 0 Å². The van der Waals surface area contributed by atoms with Gasteiger partial charge in [0.15, 0.2) is 11.5 Å². The third-order valence-electron chi connectivity index (χ3n) is 2.66. The van der Waals surface area contributed by atoms with E-state index in [0.29, 0.717) is 22.6 Å². The molecule has 0 bridgehead atoms. The van der Waals surface area contributed by atoms with Crippen LogP contribution in [0.4, 0.5) is 0 Å². The zero-order chi connectivity index (χ0) is 12.4. The number of rotatable bonds is 3. The summed E-state index contributed by atoms with van der Waals surface area (Å²) in [4.78, 5) is 0. The summed E-state index contributed by atoms with van der Waals surface area (Å²) in [6, 6.07) is 6.95. The van der Waals surface area contributed by atoms with Crippen molar-refractivity contribution in [1.82, 2.24) is 0 Å². The Kier molecular flexibility index (Phi) is 2.95. The minimum atomic E-state index is 0.136. The van der Waals surface area contributed by atoms with E-state index in [1.807, 2.05) is 6.07 Å². The van der Waals surface area contributed by atoms with Crippen molar-refractivity contribution in [2.24, 2.45) is 0 Å². The maximum Gasteiger partial charge on any atom is 0.172 e. The molecule has 0 aliphatic carbocycles. The summed E-state index contributed by atoms with van der Waals surface area (Å²) in [6.45, 7) is 0. The average Bonchev–Trinajstić information content (AvgIpc) is 2.37. The van der Waals surface area contributed by atoms with Crippen LogP contribution in [0.5, 0.6) is 23.0 Å². The molecule has 0 spiro atoms. The lowest BCUT2D eigenvalue weighted by Gasteiger charge is -2.14. The van der Waals surface area contributed by atoms with Crippen molar-refractivity contribution in [3.05, 3.63) is 24.3 Å². The normalized spacial score (nSPS) is 10.3. The molecular formula is C13H14O4. The van der Waals surface area contributed by atoms with Crippen LogP contribution in [0.2, 0.25) is 0 Å². The predicted molar refractivity (Wildman–Crippen MR) is 65.3 cm³/mol. The lowest BCUT2D eigenvalue weighted by atomic mass is 10.1. The Balaban J connectivity index is 2.92. The van der Waals surface area contributed by atoms with Crippen molar-refractivity contribution in [2.45, 2.75) is 0 Å². The maximum atomic E-state index is 9.93. The van der Waals surface area contributed by atoms with Gasteiger partial charge in [0.1, 0.15) is 11.5 Å². The van der Waals surface area contributed by atoms with Crippen LogP contribution in [-0.4, -0.2) is 26.4 Å². The minimum Gasteiger partial charge on any atom is -0.507 e. The Morgan fingerprint density at radius 2 is 1.65 bits per heavy atom. The minimum absolute atomic E-state index is 0.136. The van der Waals surface area contributed by atoms with E-state index in [2.05, 4.69) is 0 Å². The van der Waals surface area contributed by atoms with Gasteiger partial charge < -0.3 is 19.3 Å². The van der Waals surface area contributed by atoms with Gasteiger partial charge in [0, 0.05) is 11.5 Å². The molecule has 0 aliphatic rings. The average molecular weight is 234 g/mol. The van der Waals surface area contributed by atoms with Gasteiger partial charge in [-0.1, -0.05) is 12.1 Å². The van der Waals surface area contributed by atoms with Crippen molar-refractivity contribution in [2.75, 3.05) is 21.3 Å². The van der Waals surface area contributed by atoms with E-state index in [1.54, 1.807) is 32.4 Å². The first kappa shape index (κ1) is 11.4. The van der Waals surface area contributed by atoms with Crippen LogP contribution in [0.3, 0.4) is 0 Å². The van der Waals surface area contributed by atoms with Crippen LogP contribution in [-0.2, 0) is 0 Å². The number of ether oxygens (including phenoxy) is 3. The molecule has 2 rings (SSSR count). The van der Waals surface area contributed by atoms with Gasteiger partial charge in [-0.2, -0.15) is 0 Å². The fourth-order valence-electron chi connectivity index (χ4n) is 1.89. The number of hydrogen-bond acceptors (Lipinski definition) is 4. The van der Waals surface area contributed by atoms with Crippen LogP contribution in [0, 0.1) is 0 Å². The molecular weight excluding hydrogens is 220 g/mol. The lowest BCUT2D eigenvalue weighted by Crippen LogP contribution is -1.94. The summed E-state index contributed by atoms with van der Waals surface area (Å²) in [6.07, 6.45) is 0. The Bertz CT molecular complexity index is 549. The number of fused-ring (bicyclic) bond motifs is 1. The third kappa shape index (κ3) is 1.71. The van der Waals surface area contributed by atoms with E-state index in [1.165, 1.54) is 7.11 Å². The molecule has 4 heteroatoms.